The number of benzene rings is 9. The maximum absolute atomic E-state index is 6.63. The van der Waals surface area contributed by atoms with Crippen LogP contribution in [0.15, 0.2) is 235 Å². The Kier molecular flexibility index (Phi) is 7.87. The van der Waals surface area contributed by atoms with Gasteiger partial charge in [-0.15, -0.1) is 0 Å². The molecule has 9 aromatic carbocycles. The fourth-order valence-corrected chi connectivity index (χ4v) is 14.6. The van der Waals surface area contributed by atoms with Gasteiger partial charge in [-0.05, 0) is 86.5 Å². The van der Waals surface area contributed by atoms with Crippen LogP contribution in [-0.2, 0) is 0 Å². The molecule has 0 amide bonds. The predicted octanol–water partition coefficient (Wildman–Crippen LogP) is 11.7. The lowest BCUT2D eigenvalue weighted by Gasteiger charge is -2.34. The van der Waals surface area contributed by atoms with E-state index in [-0.39, 0.29) is 0 Å². The lowest BCUT2D eigenvalue weighted by molar-refractivity contribution is 0.645. The smallest absolute Gasteiger partial charge is 0.213 e. The Morgan fingerprint density at radius 2 is 0.817 bits per heavy atom. The first kappa shape index (κ1) is 34.4. The van der Waals surface area contributed by atoms with Crippen LogP contribution in [0.2, 0.25) is 0 Å². The summed E-state index contributed by atoms with van der Waals surface area (Å²) in [5.41, 5.74) is 9.83. The van der Waals surface area contributed by atoms with E-state index in [1.54, 1.807) is 0 Å². The molecule has 3 heterocycles. The number of hydrogen-bond donors (Lipinski definition) is 0. The Labute approximate surface area is 348 Å². The molecule has 0 spiro atoms. The molecule has 0 bridgehead atoms. The lowest BCUT2D eigenvalue weighted by Crippen LogP contribution is -2.74. The van der Waals surface area contributed by atoms with Crippen molar-refractivity contribution in [3.8, 4) is 22.5 Å². The van der Waals surface area contributed by atoms with E-state index in [2.05, 4.69) is 240 Å². The molecule has 3 aromatic heterocycles. The maximum Gasteiger partial charge on any atom is 0.213 e. The van der Waals surface area contributed by atoms with Gasteiger partial charge in [-0.3, -0.25) is 4.57 Å². The van der Waals surface area contributed by atoms with Crippen molar-refractivity contribution in [1.82, 2.24) is 9.13 Å². The summed E-state index contributed by atoms with van der Waals surface area (Å²) in [4.78, 5) is 0. The van der Waals surface area contributed by atoms with Gasteiger partial charge in [-0.1, -0.05) is 176 Å². The summed E-state index contributed by atoms with van der Waals surface area (Å²) in [6.07, 6.45) is 0. The van der Waals surface area contributed by atoms with E-state index in [0.29, 0.717) is 0 Å². The number of nitrogens with zero attached hydrogens (tertiary/aromatic N) is 2. The molecule has 0 saturated heterocycles. The first-order valence-corrected chi connectivity index (χ1v) is 22.6. The zero-order chi connectivity index (χ0) is 39.6. The molecule has 0 aliphatic rings. The van der Waals surface area contributed by atoms with Crippen molar-refractivity contribution < 1.29 is 4.42 Å². The lowest BCUT2D eigenvalue weighted by atomic mass is 10.0. The average molecular weight is 783 g/mol. The largest absolute Gasteiger partial charge is 0.439 e. The van der Waals surface area contributed by atoms with Gasteiger partial charge >= 0.3 is 0 Å². The van der Waals surface area contributed by atoms with Crippen LogP contribution in [0.1, 0.15) is 0 Å². The summed E-state index contributed by atoms with van der Waals surface area (Å²) in [5, 5.41) is 11.5. The number of fused-ring (bicyclic) bond motifs is 8. The summed E-state index contributed by atoms with van der Waals surface area (Å²) < 4.78 is 11.3. The predicted molar refractivity (Wildman–Crippen MR) is 254 cm³/mol. The first-order chi connectivity index (χ1) is 29.8. The third kappa shape index (κ3) is 5.14. The van der Waals surface area contributed by atoms with Crippen LogP contribution in [0.3, 0.4) is 0 Å². The van der Waals surface area contributed by atoms with Gasteiger partial charge in [-0.2, -0.15) is 0 Å². The van der Waals surface area contributed by atoms with Crippen molar-refractivity contribution in [3.05, 3.63) is 231 Å². The molecule has 0 fully saturated rings. The zero-order valence-corrected chi connectivity index (χ0v) is 33.7. The molecule has 282 valence electrons. The van der Waals surface area contributed by atoms with Crippen molar-refractivity contribution in [3.63, 3.8) is 0 Å². The van der Waals surface area contributed by atoms with Crippen molar-refractivity contribution >= 4 is 83.6 Å². The summed E-state index contributed by atoms with van der Waals surface area (Å²) in [7, 11) is -2.70. The SMILES string of the molecule is c1ccc(-n2c3ccccc3c3c4cc(-c5ccc(-n6c7ccccc7c7cc([Si](c8ccccc8)(c8ccccc8)c8ccccc8)ccc76)cc5)ccc4oc32)cc1. The van der Waals surface area contributed by atoms with Crippen LogP contribution in [0.25, 0.3) is 77.3 Å². The fraction of sp³-hybridized carbons (Fsp3) is 0. The van der Waals surface area contributed by atoms with E-state index in [1.807, 2.05) is 0 Å². The molecule has 0 radical (unpaired) electrons. The molecule has 0 aliphatic carbocycles. The van der Waals surface area contributed by atoms with Crippen LogP contribution < -0.4 is 20.7 Å². The first-order valence-electron chi connectivity index (χ1n) is 20.6. The summed E-state index contributed by atoms with van der Waals surface area (Å²) in [6, 6.07) is 84.3. The molecule has 0 saturated carbocycles. The highest BCUT2D eigenvalue weighted by Gasteiger charge is 2.41. The molecule has 0 aliphatic heterocycles. The van der Waals surface area contributed by atoms with Crippen molar-refractivity contribution in [1.29, 1.82) is 0 Å². The van der Waals surface area contributed by atoms with Gasteiger partial charge in [0.2, 0.25) is 5.71 Å². The molecule has 0 N–H and O–H groups in total. The Hall–Kier alpha value is -7.66. The highest BCUT2D eigenvalue weighted by atomic mass is 28.3. The van der Waals surface area contributed by atoms with Crippen LogP contribution in [0.4, 0.5) is 0 Å². The van der Waals surface area contributed by atoms with E-state index in [9.17, 15) is 0 Å². The van der Waals surface area contributed by atoms with Crippen molar-refractivity contribution in [2.24, 2.45) is 0 Å². The molecular weight excluding hydrogens is 745 g/mol. The molecular formula is C56H38N2OSi. The van der Waals surface area contributed by atoms with Crippen LogP contribution >= 0.6 is 0 Å². The summed E-state index contributed by atoms with van der Waals surface area (Å²) >= 11 is 0. The molecule has 12 rings (SSSR count). The Morgan fingerprint density at radius 1 is 0.317 bits per heavy atom. The van der Waals surface area contributed by atoms with Gasteiger partial charge < -0.3 is 8.98 Å². The second-order valence-corrected chi connectivity index (χ2v) is 19.5. The quantitative estimate of drug-likeness (QED) is 0.117. The van der Waals surface area contributed by atoms with Crippen molar-refractivity contribution in [2.75, 3.05) is 0 Å². The van der Waals surface area contributed by atoms with Crippen LogP contribution in [-0.4, -0.2) is 17.2 Å². The Balaban J connectivity index is 1.00. The minimum atomic E-state index is -2.70. The number of hydrogen-bond acceptors (Lipinski definition) is 1. The molecule has 4 heteroatoms. The highest BCUT2D eigenvalue weighted by Crippen LogP contribution is 2.41. The second kappa shape index (κ2) is 13.7. The number of aromatic nitrogens is 2. The Morgan fingerprint density at radius 3 is 1.45 bits per heavy atom. The number of furan rings is 1. The monoisotopic (exact) mass is 782 g/mol. The van der Waals surface area contributed by atoms with Gasteiger partial charge in [0.05, 0.1) is 21.9 Å². The van der Waals surface area contributed by atoms with Crippen LogP contribution in [0, 0.1) is 0 Å². The van der Waals surface area contributed by atoms with E-state index >= 15 is 0 Å². The number of para-hydroxylation sites is 3. The van der Waals surface area contributed by atoms with E-state index in [0.717, 1.165) is 50.1 Å². The third-order valence-electron chi connectivity index (χ3n) is 12.5. The van der Waals surface area contributed by atoms with E-state index < -0.39 is 8.07 Å². The number of rotatable bonds is 7. The van der Waals surface area contributed by atoms with Gasteiger partial charge in [0.1, 0.15) is 5.58 Å². The van der Waals surface area contributed by atoms with Crippen molar-refractivity contribution in [2.45, 2.75) is 0 Å². The standard InChI is InChI=1S/C56H38N2OSi/c1-5-17-41(18-6-1)58-52-28-16-14-26-48(52)55-50-37-40(31-36-54(50)59-56(55)58)39-29-32-42(33-30-39)57-51-27-15-13-25-47(51)49-38-46(34-35-53(49)57)60(43-19-7-2-8-20-43,44-21-9-3-10-22-44)45-23-11-4-12-24-45/h1-38H. The molecule has 0 unspecified atom stereocenters. The van der Waals surface area contributed by atoms with Gasteiger partial charge in [-0.25, -0.2) is 0 Å². The minimum absolute atomic E-state index is 0.871. The maximum atomic E-state index is 6.63. The van der Waals surface area contributed by atoms with Crippen LogP contribution in [0.5, 0.6) is 0 Å². The molecule has 3 nitrogen and oxygen atoms in total. The van der Waals surface area contributed by atoms with Gasteiger partial charge in [0.15, 0.2) is 8.07 Å². The molecule has 0 atom stereocenters. The average Bonchev–Trinajstić information content (AvgIpc) is 3.97. The third-order valence-corrected chi connectivity index (χ3v) is 17.3. The second-order valence-electron chi connectivity index (χ2n) is 15.7. The van der Waals surface area contributed by atoms with E-state index in [4.69, 9.17) is 4.42 Å². The summed E-state index contributed by atoms with van der Waals surface area (Å²) in [6.45, 7) is 0. The Bertz CT molecular complexity index is 3420. The van der Waals surface area contributed by atoms with Gasteiger partial charge in [0.25, 0.3) is 0 Å². The topological polar surface area (TPSA) is 23.0 Å². The minimum Gasteiger partial charge on any atom is -0.439 e. The van der Waals surface area contributed by atoms with E-state index in [1.165, 1.54) is 47.9 Å². The summed E-state index contributed by atoms with van der Waals surface area (Å²) in [5.74, 6) is 0. The fourth-order valence-electron chi connectivity index (χ4n) is 9.86. The highest BCUT2D eigenvalue weighted by molar-refractivity contribution is 7.20. The molecule has 60 heavy (non-hydrogen) atoms. The zero-order valence-electron chi connectivity index (χ0n) is 32.7. The van der Waals surface area contributed by atoms with Gasteiger partial charge in [0, 0.05) is 32.9 Å². The molecule has 12 aromatic rings. The normalized spacial score (nSPS) is 12.0.